The second-order valence-electron chi connectivity index (χ2n) is 26.4. The minimum Gasteiger partial charge on any atom is -0.778 e. The van der Waals surface area contributed by atoms with E-state index in [0.29, 0.717) is 39.6 Å². The van der Waals surface area contributed by atoms with Gasteiger partial charge in [-0.3, -0.25) is 0 Å². The average molecular weight is 1590 g/mol. The van der Waals surface area contributed by atoms with Crippen molar-refractivity contribution < 1.29 is 105 Å². The molecule has 0 aromatic rings. The topological polar surface area (TPSA) is 296 Å². The summed E-state index contributed by atoms with van der Waals surface area (Å²) >= 11 is 0. The normalized spacial score (nSPS) is 16.8. The summed E-state index contributed by atoms with van der Waals surface area (Å²) in [4.78, 5) is 69.9. The second-order valence-corrected chi connectivity index (χ2v) is 37.5. The third-order valence-corrected chi connectivity index (χ3v) is 26.1. The van der Waals surface area contributed by atoms with Crippen LogP contribution in [0.1, 0.15) is 356 Å². The molecule has 0 saturated carbocycles. The fraction of sp³-hybridized carbons (Fsp3) is 1.00. The number of hydrogen-bond acceptors (Lipinski definition) is 18. The largest absolute Gasteiger partial charge is 6.00 e. The summed E-state index contributed by atoms with van der Waals surface area (Å²) < 4.78 is 99.8. The van der Waals surface area contributed by atoms with Gasteiger partial charge >= 0.3 is 21.1 Å². The standard InChI is InChI=1S/6C12H27O3P.Mo/c6*1-4-7-9-12(6-3)11-16(13,14)15-10-8-5-2;/h6*12H,4-11H2,1-3H3,(H,13,14);/q;;;;;;+6/p-6. The van der Waals surface area contributed by atoms with E-state index in [9.17, 15) is 56.8 Å². The molecule has 0 aromatic carbocycles. The fourth-order valence-electron chi connectivity index (χ4n) is 9.81. The predicted molar refractivity (Wildman–Crippen MR) is 400 cm³/mol. The van der Waals surface area contributed by atoms with Crippen molar-refractivity contribution in [2.24, 2.45) is 35.5 Å². The molecule has 0 N–H and O–H groups in total. The third kappa shape index (κ3) is 83.1. The molecule has 97 heavy (non-hydrogen) atoms. The van der Waals surface area contributed by atoms with Crippen molar-refractivity contribution in [2.75, 3.05) is 76.6 Å². The van der Waals surface area contributed by atoms with Gasteiger partial charge in [-0.15, -0.1) is 0 Å². The van der Waals surface area contributed by atoms with Crippen molar-refractivity contribution in [1.82, 2.24) is 0 Å². The monoisotopic (exact) mass is 1590 g/mol. The van der Waals surface area contributed by atoms with E-state index in [4.69, 9.17) is 27.1 Å². The summed E-state index contributed by atoms with van der Waals surface area (Å²) in [5, 5.41) is 0. The van der Waals surface area contributed by atoms with Gasteiger partial charge in [-0.05, 0) is 113 Å². The number of unbranched alkanes of at least 4 members (excludes halogenated alkanes) is 12. The Bertz CT molecular complexity index is 1590. The van der Waals surface area contributed by atoms with E-state index in [2.05, 4.69) is 41.5 Å². The third-order valence-electron chi connectivity index (χ3n) is 16.9. The van der Waals surface area contributed by atoms with Gasteiger partial charge in [0.2, 0.25) is 0 Å². The molecule has 12 atom stereocenters. The molecule has 18 nitrogen and oxygen atoms in total. The van der Waals surface area contributed by atoms with Gasteiger partial charge in [0.1, 0.15) is 45.6 Å². The van der Waals surface area contributed by atoms with Crippen LogP contribution in [0.5, 0.6) is 0 Å². The molecule has 0 bridgehead atoms. The van der Waals surface area contributed by atoms with Crippen LogP contribution in [0, 0.1) is 35.5 Å². The molecule has 0 heterocycles. The van der Waals surface area contributed by atoms with Crippen molar-refractivity contribution in [3.05, 3.63) is 0 Å². The van der Waals surface area contributed by atoms with Crippen LogP contribution in [0.3, 0.4) is 0 Å². The van der Waals surface area contributed by atoms with Crippen LogP contribution in [-0.2, 0) is 75.6 Å². The molecule has 25 heteroatoms. The van der Waals surface area contributed by atoms with Crippen LogP contribution in [0.4, 0.5) is 0 Å². The Morgan fingerprint density at radius 1 is 0.206 bits per heavy atom. The van der Waals surface area contributed by atoms with Gasteiger partial charge < -0.3 is 83.9 Å². The summed E-state index contributed by atoms with van der Waals surface area (Å²) in [5.41, 5.74) is 0. The zero-order valence-electron chi connectivity index (χ0n) is 65.8. The van der Waals surface area contributed by atoms with Gasteiger partial charge in [0.15, 0.2) is 0 Å². The molecule has 0 spiro atoms. The molecule has 0 aliphatic carbocycles. The number of hydrogen-bond donors (Lipinski definition) is 0. The molecule has 12 unspecified atom stereocenters. The van der Waals surface area contributed by atoms with Crippen LogP contribution in [0.25, 0.3) is 0 Å². The maximum atomic E-state index is 11.6. The van der Waals surface area contributed by atoms with Crippen molar-refractivity contribution >= 4 is 45.6 Å². The van der Waals surface area contributed by atoms with Gasteiger partial charge in [0.25, 0.3) is 0 Å². The van der Waals surface area contributed by atoms with Crippen molar-refractivity contribution in [1.29, 1.82) is 0 Å². The van der Waals surface area contributed by atoms with E-state index in [0.717, 1.165) is 231 Å². The summed E-state index contributed by atoms with van der Waals surface area (Å²) in [6.45, 7) is 39.3. The molecule has 588 valence electrons. The minimum atomic E-state index is -3.59. The van der Waals surface area contributed by atoms with Gasteiger partial charge in [-0.1, -0.05) is 279 Å². The second kappa shape index (κ2) is 75.8. The van der Waals surface area contributed by atoms with Crippen LogP contribution in [-0.4, -0.2) is 76.6 Å². The van der Waals surface area contributed by atoms with Crippen LogP contribution < -0.4 is 29.4 Å². The maximum absolute atomic E-state index is 11.6. The Hall–Kier alpha value is 1.59. The van der Waals surface area contributed by atoms with Crippen molar-refractivity contribution in [3.8, 4) is 0 Å². The molecule has 0 fully saturated rings. The molecule has 0 aliphatic rings. The Morgan fingerprint density at radius 3 is 0.392 bits per heavy atom. The Balaban J connectivity index is -0.000000200. The molecule has 0 aliphatic heterocycles. The van der Waals surface area contributed by atoms with E-state index in [1.807, 2.05) is 83.1 Å². The Kier molecular flexibility index (Phi) is 87.5. The van der Waals surface area contributed by atoms with Gasteiger partial charge in [0.05, 0.1) is 39.6 Å². The first-order valence-electron chi connectivity index (χ1n) is 39.0. The van der Waals surface area contributed by atoms with Crippen molar-refractivity contribution in [3.63, 3.8) is 0 Å². The predicted octanol–water partition coefficient (Wildman–Crippen LogP) is 21.4. The number of rotatable bonds is 60. The average Bonchev–Trinajstić information content (AvgIpc) is 1.75. The summed E-state index contributed by atoms with van der Waals surface area (Å²) in [7, 11) is -21.5. The Labute approximate surface area is 614 Å². The fourth-order valence-corrected chi connectivity index (χ4v) is 19.3. The zero-order chi connectivity index (χ0) is 74.6. The Morgan fingerprint density at radius 2 is 0.309 bits per heavy atom. The molecular formula is C72H156MoO18P6. The van der Waals surface area contributed by atoms with Crippen molar-refractivity contribution in [2.45, 2.75) is 356 Å². The maximum Gasteiger partial charge on any atom is 6.00 e. The minimum absolute atomic E-state index is 0. The first-order chi connectivity index (χ1) is 45.3. The van der Waals surface area contributed by atoms with Gasteiger partial charge in [-0.25, -0.2) is 0 Å². The molecule has 0 amide bonds. The zero-order valence-corrected chi connectivity index (χ0v) is 73.2. The molecule has 0 radical (unpaired) electrons. The summed E-state index contributed by atoms with van der Waals surface area (Å²) in [6.07, 6.45) is 36.8. The SMILES string of the molecule is CCCCOP(=O)([O-])CC(CC)CCCC.CCCCOP(=O)([O-])CC(CC)CCCC.CCCCOP(=O)([O-])CC(CC)CCCC.CCCCOP(=O)([O-])CC(CC)CCCC.CCCCOP(=O)([O-])CC(CC)CCCC.CCCCOP(=O)([O-])CC(CC)CCCC.[Mo+6]. The molecular weight excluding hydrogens is 1430 g/mol. The van der Waals surface area contributed by atoms with Crippen LogP contribution in [0.2, 0.25) is 0 Å². The van der Waals surface area contributed by atoms with Gasteiger partial charge in [0, 0.05) is 37.0 Å². The van der Waals surface area contributed by atoms with E-state index in [1.165, 1.54) is 0 Å². The van der Waals surface area contributed by atoms with E-state index in [1.54, 1.807) is 0 Å². The summed E-state index contributed by atoms with van der Waals surface area (Å²) in [5.74, 6) is 1.61. The van der Waals surface area contributed by atoms with E-state index in [-0.39, 0.29) is 93.5 Å². The van der Waals surface area contributed by atoms with Crippen LogP contribution >= 0.6 is 45.6 Å². The van der Waals surface area contributed by atoms with E-state index >= 15 is 0 Å². The quantitative estimate of drug-likeness (QED) is 0.0310. The molecule has 0 aromatic heterocycles. The molecule has 0 rings (SSSR count). The summed E-state index contributed by atoms with van der Waals surface area (Å²) in [6, 6.07) is 0. The van der Waals surface area contributed by atoms with Crippen LogP contribution in [0.15, 0.2) is 0 Å². The first kappa shape index (κ1) is 112. The van der Waals surface area contributed by atoms with Gasteiger partial charge in [-0.2, -0.15) is 0 Å². The van der Waals surface area contributed by atoms with E-state index < -0.39 is 45.6 Å². The molecule has 0 saturated heterocycles. The smallest absolute Gasteiger partial charge is 0.778 e. The first-order valence-corrected chi connectivity index (χ1v) is 49.4.